The molecule has 1 aromatic carbocycles. The van der Waals surface area contributed by atoms with E-state index in [1.54, 1.807) is 6.07 Å². The fraction of sp³-hybridized carbons (Fsp3) is 0.111. The second-order valence-corrected chi connectivity index (χ2v) is 6.84. The van der Waals surface area contributed by atoms with Gasteiger partial charge in [-0.25, -0.2) is 9.50 Å². The van der Waals surface area contributed by atoms with E-state index in [0.717, 1.165) is 20.5 Å². The van der Waals surface area contributed by atoms with Crippen LogP contribution in [0.15, 0.2) is 47.8 Å². The Kier molecular flexibility index (Phi) is 2.88. The second-order valence-electron chi connectivity index (χ2n) is 5.90. The van der Waals surface area contributed by atoms with E-state index in [9.17, 15) is 13.2 Å². The molecule has 0 saturated heterocycles. The van der Waals surface area contributed by atoms with Gasteiger partial charge < -0.3 is 0 Å². The van der Waals surface area contributed by atoms with Gasteiger partial charge in [-0.15, -0.1) is 11.3 Å². The van der Waals surface area contributed by atoms with Gasteiger partial charge in [0.25, 0.3) is 0 Å². The Labute approximate surface area is 144 Å². The summed E-state index contributed by atoms with van der Waals surface area (Å²) < 4.78 is 42.5. The van der Waals surface area contributed by atoms with Crippen molar-refractivity contribution in [1.29, 1.82) is 0 Å². The number of thiophene rings is 1. The van der Waals surface area contributed by atoms with Crippen LogP contribution >= 0.6 is 11.3 Å². The molecular weight excluding hydrogens is 347 g/mol. The van der Waals surface area contributed by atoms with Crippen LogP contribution in [0.4, 0.5) is 13.2 Å². The SMILES string of the molecule is FC(F)(F)c1c2c(nc3cc(-c4cccs4)nn13)-c1ccccc1C2. The number of rotatable bonds is 1. The zero-order chi connectivity index (χ0) is 17.2. The maximum atomic E-state index is 13.9. The van der Waals surface area contributed by atoms with Crippen LogP contribution < -0.4 is 0 Å². The van der Waals surface area contributed by atoms with Gasteiger partial charge in [-0.1, -0.05) is 30.3 Å². The first kappa shape index (κ1) is 14.7. The van der Waals surface area contributed by atoms with Crippen LogP contribution in [0.25, 0.3) is 27.5 Å². The first-order valence-electron chi connectivity index (χ1n) is 7.64. The van der Waals surface area contributed by atoms with Gasteiger partial charge in [-0.05, 0) is 17.0 Å². The summed E-state index contributed by atoms with van der Waals surface area (Å²) in [4.78, 5) is 5.33. The predicted molar refractivity (Wildman–Crippen MR) is 89.5 cm³/mol. The Morgan fingerprint density at radius 2 is 1.92 bits per heavy atom. The number of alkyl halides is 3. The highest BCUT2D eigenvalue weighted by Crippen LogP contribution is 2.43. The fourth-order valence-electron chi connectivity index (χ4n) is 3.36. The molecule has 3 nitrogen and oxygen atoms in total. The molecular formula is C18H10F3N3S. The number of nitrogens with zero attached hydrogens (tertiary/aromatic N) is 3. The van der Waals surface area contributed by atoms with E-state index in [0.29, 0.717) is 11.4 Å². The lowest BCUT2D eigenvalue weighted by Crippen LogP contribution is -2.17. The lowest BCUT2D eigenvalue weighted by molar-refractivity contribution is -0.143. The third-order valence-corrected chi connectivity index (χ3v) is 5.27. The Morgan fingerprint density at radius 3 is 2.68 bits per heavy atom. The molecule has 5 rings (SSSR count). The maximum absolute atomic E-state index is 13.9. The molecule has 3 aromatic heterocycles. The number of hydrogen-bond acceptors (Lipinski definition) is 3. The van der Waals surface area contributed by atoms with Crippen molar-refractivity contribution in [3.05, 3.63) is 64.7 Å². The van der Waals surface area contributed by atoms with Gasteiger partial charge in [-0.2, -0.15) is 18.3 Å². The van der Waals surface area contributed by atoms with Crippen LogP contribution in [0.1, 0.15) is 16.8 Å². The van der Waals surface area contributed by atoms with Crippen molar-refractivity contribution in [1.82, 2.24) is 14.6 Å². The highest BCUT2D eigenvalue weighted by Gasteiger charge is 2.41. The van der Waals surface area contributed by atoms with Gasteiger partial charge in [0.1, 0.15) is 5.69 Å². The Balaban J connectivity index is 1.85. The molecule has 1 aliphatic rings. The van der Waals surface area contributed by atoms with Crippen LogP contribution in [-0.2, 0) is 12.6 Å². The zero-order valence-corrected chi connectivity index (χ0v) is 13.5. The first-order valence-corrected chi connectivity index (χ1v) is 8.52. The van der Waals surface area contributed by atoms with Gasteiger partial charge in [0.2, 0.25) is 0 Å². The molecule has 7 heteroatoms. The molecule has 25 heavy (non-hydrogen) atoms. The molecule has 0 aliphatic heterocycles. The van der Waals surface area contributed by atoms with Crippen LogP contribution in [0.3, 0.4) is 0 Å². The molecule has 0 N–H and O–H groups in total. The Hall–Kier alpha value is -2.67. The molecule has 124 valence electrons. The van der Waals surface area contributed by atoms with E-state index < -0.39 is 11.9 Å². The second kappa shape index (κ2) is 4.92. The summed E-state index contributed by atoms with van der Waals surface area (Å²) in [6.07, 6.45) is -4.29. The summed E-state index contributed by atoms with van der Waals surface area (Å²) >= 11 is 1.44. The number of fused-ring (bicyclic) bond motifs is 4. The molecule has 3 heterocycles. The molecule has 0 fully saturated rings. The van der Waals surface area contributed by atoms with Crippen LogP contribution in [0.5, 0.6) is 0 Å². The van der Waals surface area contributed by atoms with Crippen molar-refractivity contribution >= 4 is 17.0 Å². The quantitative estimate of drug-likeness (QED) is 0.420. The molecule has 0 atom stereocenters. The van der Waals surface area contributed by atoms with E-state index in [1.165, 1.54) is 11.3 Å². The molecule has 0 amide bonds. The van der Waals surface area contributed by atoms with Gasteiger partial charge in [0, 0.05) is 23.6 Å². The van der Waals surface area contributed by atoms with Crippen LogP contribution in [0, 0.1) is 0 Å². The lowest BCUT2D eigenvalue weighted by Gasteiger charge is -2.13. The van der Waals surface area contributed by atoms with Gasteiger partial charge in [0.15, 0.2) is 11.3 Å². The van der Waals surface area contributed by atoms with Gasteiger partial charge >= 0.3 is 6.18 Å². The third kappa shape index (κ3) is 2.12. The van der Waals surface area contributed by atoms with Gasteiger partial charge in [-0.3, -0.25) is 0 Å². The molecule has 0 unspecified atom stereocenters. The average Bonchev–Trinajstić information content (AvgIpc) is 3.28. The first-order chi connectivity index (χ1) is 12.0. The fourth-order valence-corrected chi connectivity index (χ4v) is 4.04. The summed E-state index contributed by atoms with van der Waals surface area (Å²) in [5.41, 5.74) is 2.23. The van der Waals surface area contributed by atoms with Crippen molar-refractivity contribution in [3.8, 4) is 21.8 Å². The maximum Gasteiger partial charge on any atom is 0.433 e. The normalized spacial score (nSPS) is 13.2. The van der Waals surface area contributed by atoms with Crippen molar-refractivity contribution in [2.45, 2.75) is 12.6 Å². The summed E-state index contributed by atoms with van der Waals surface area (Å²) in [5, 5.41) is 6.08. The van der Waals surface area contributed by atoms with Crippen molar-refractivity contribution in [2.75, 3.05) is 0 Å². The van der Waals surface area contributed by atoms with Crippen molar-refractivity contribution in [3.63, 3.8) is 0 Å². The summed E-state index contributed by atoms with van der Waals surface area (Å²) in [6.45, 7) is 0. The molecule has 0 saturated carbocycles. The standard InChI is InChI=1S/C18H10F3N3S/c19-18(20,21)17-12-8-10-4-1-2-5-11(10)16(12)22-15-9-13(23-24(15)17)14-6-3-7-25-14/h1-7,9H,8H2. The Morgan fingerprint density at radius 1 is 1.08 bits per heavy atom. The number of benzene rings is 1. The molecule has 0 spiro atoms. The van der Waals surface area contributed by atoms with Crippen molar-refractivity contribution < 1.29 is 13.2 Å². The lowest BCUT2D eigenvalue weighted by atomic mass is 10.1. The smallest absolute Gasteiger partial charge is 0.228 e. The minimum absolute atomic E-state index is 0.196. The van der Waals surface area contributed by atoms with E-state index >= 15 is 0 Å². The molecule has 0 radical (unpaired) electrons. The van der Waals surface area contributed by atoms with E-state index in [4.69, 9.17) is 0 Å². The minimum atomic E-state index is -4.51. The van der Waals surface area contributed by atoms with Crippen LogP contribution in [0.2, 0.25) is 0 Å². The average molecular weight is 357 g/mol. The van der Waals surface area contributed by atoms with Crippen molar-refractivity contribution in [2.24, 2.45) is 0 Å². The molecule has 1 aliphatic carbocycles. The highest BCUT2D eigenvalue weighted by atomic mass is 32.1. The number of halogens is 3. The van der Waals surface area contributed by atoms with E-state index in [1.807, 2.05) is 41.8 Å². The number of aromatic nitrogens is 3. The third-order valence-electron chi connectivity index (χ3n) is 4.38. The molecule has 0 bridgehead atoms. The van der Waals surface area contributed by atoms with Gasteiger partial charge in [0.05, 0.1) is 10.6 Å². The largest absolute Gasteiger partial charge is 0.433 e. The molecule has 4 aromatic rings. The monoisotopic (exact) mass is 357 g/mol. The minimum Gasteiger partial charge on any atom is -0.228 e. The highest BCUT2D eigenvalue weighted by molar-refractivity contribution is 7.13. The zero-order valence-electron chi connectivity index (χ0n) is 12.7. The van der Waals surface area contributed by atoms with E-state index in [2.05, 4.69) is 10.1 Å². The Bertz CT molecular complexity index is 1110. The summed E-state index contributed by atoms with van der Waals surface area (Å²) in [5.74, 6) is 0. The predicted octanol–water partition coefficient (Wildman–Crippen LogP) is 5.05. The number of hydrogen-bond donors (Lipinski definition) is 0. The summed E-state index contributed by atoms with van der Waals surface area (Å²) in [7, 11) is 0. The topological polar surface area (TPSA) is 30.2 Å². The summed E-state index contributed by atoms with van der Waals surface area (Å²) in [6, 6.07) is 12.6. The van der Waals surface area contributed by atoms with E-state index in [-0.39, 0.29) is 17.6 Å². The van der Waals surface area contributed by atoms with Crippen LogP contribution in [-0.4, -0.2) is 14.6 Å².